The summed E-state index contributed by atoms with van der Waals surface area (Å²) in [4.78, 5) is 0. The SMILES string of the molecule is COc1ccc(C=NNc2cccc(Cl)c2)cc1OCc1ccc(Cl)cc1. The molecule has 0 aliphatic heterocycles. The molecule has 138 valence electrons. The number of hydrogen-bond acceptors (Lipinski definition) is 4. The summed E-state index contributed by atoms with van der Waals surface area (Å²) >= 11 is 11.9. The van der Waals surface area contributed by atoms with Gasteiger partial charge in [0, 0.05) is 10.0 Å². The van der Waals surface area contributed by atoms with Crippen molar-refractivity contribution in [3.05, 3.63) is 87.9 Å². The smallest absolute Gasteiger partial charge is 0.162 e. The predicted octanol–water partition coefficient (Wildman–Crippen LogP) is 6.03. The molecule has 0 heterocycles. The van der Waals surface area contributed by atoms with E-state index >= 15 is 0 Å². The van der Waals surface area contributed by atoms with Crippen molar-refractivity contribution in [2.24, 2.45) is 5.10 Å². The lowest BCUT2D eigenvalue weighted by Gasteiger charge is -2.11. The summed E-state index contributed by atoms with van der Waals surface area (Å²) in [5.41, 5.74) is 5.65. The number of halogens is 2. The second kappa shape index (κ2) is 9.31. The van der Waals surface area contributed by atoms with Crippen LogP contribution in [0.3, 0.4) is 0 Å². The summed E-state index contributed by atoms with van der Waals surface area (Å²) in [7, 11) is 1.61. The van der Waals surface area contributed by atoms with Gasteiger partial charge in [-0.2, -0.15) is 5.10 Å². The molecule has 0 aromatic heterocycles. The number of hydrogen-bond donors (Lipinski definition) is 1. The van der Waals surface area contributed by atoms with Crippen LogP contribution in [0.5, 0.6) is 11.5 Å². The Hall–Kier alpha value is -2.69. The highest BCUT2D eigenvalue weighted by atomic mass is 35.5. The van der Waals surface area contributed by atoms with Crippen molar-refractivity contribution in [2.75, 3.05) is 12.5 Å². The monoisotopic (exact) mass is 400 g/mol. The van der Waals surface area contributed by atoms with Gasteiger partial charge in [0.05, 0.1) is 19.0 Å². The molecular formula is C21H18Cl2N2O2. The van der Waals surface area contributed by atoms with E-state index in [0.717, 1.165) is 16.8 Å². The van der Waals surface area contributed by atoms with Gasteiger partial charge in [-0.25, -0.2) is 0 Å². The van der Waals surface area contributed by atoms with E-state index in [1.165, 1.54) is 0 Å². The first-order valence-corrected chi connectivity index (χ1v) is 8.99. The van der Waals surface area contributed by atoms with Crippen molar-refractivity contribution in [1.29, 1.82) is 0 Å². The lowest BCUT2D eigenvalue weighted by Crippen LogP contribution is -1.99. The molecule has 3 aromatic carbocycles. The molecule has 3 rings (SSSR count). The molecule has 0 aliphatic rings. The number of nitrogens with one attached hydrogen (secondary N) is 1. The van der Waals surface area contributed by atoms with Crippen LogP contribution < -0.4 is 14.9 Å². The van der Waals surface area contributed by atoms with Crippen molar-refractivity contribution >= 4 is 35.1 Å². The maximum absolute atomic E-state index is 5.96. The summed E-state index contributed by atoms with van der Waals surface area (Å²) in [6, 6.07) is 20.5. The Bertz CT molecular complexity index is 928. The molecule has 0 saturated carbocycles. The molecule has 6 heteroatoms. The van der Waals surface area contributed by atoms with Crippen molar-refractivity contribution in [3.8, 4) is 11.5 Å². The molecule has 0 bridgehead atoms. The van der Waals surface area contributed by atoms with Crippen LogP contribution in [0.4, 0.5) is 5.69 Å². The Morgan fingerprint density at radius 1 is 0.926 bits per heavy atom. The first-order chi connectivity index (χ1) is 13.1. The minimum absolute atomic E-state index is 0.412. The third-order valence-corrected chi connectivity index (χ3v) is 4.21. The molecular weight excluding hydrogens is 383 g/mol. The van der Waals surface area contributed by atoms with E-state index < -0.39 is 0 Å². The van der Waals surface area contributed by atoms with E-state index in [4.69, 9.17) is 32.7 Å². The van der Waals surface area contributed by atoms with Gasteiger partial charge in [-0.15, -0.1) is 0 Å². The number of benzene rings is 3. The van der Waals surface area contributed by atoms with E-state index in [1.54, 1.807) is 19.4 Å². The van der Waals surface area contributed by atoms with Crippen molar-refractivity contribution < 1.29 is 9.47 Å². The number of methoxy groups -OCH3 is 1. The zero-order valence-corrected chi connectivity index (χ0v) is 16.2. The molecule has 0 saturated heterocycles. The second-order valence-corrected chi connectivity index (χ2v) is 6.58. The largest absolute Gasteiger partial charge is 0.493 e. The Morgan fingerprint density at radius 3 is 2.48 bits per heavy atom. The maximum atomic E-state index is 5.96. The minimum Gasteiger partial charge on any atom is -0.493 e. The van der Waals surface area contributed by atoms with Gasteiger partial charge in [0.15, 0.2) is 11.5 Å². The third kappa shape index (κ3) is 5.64. The quantitative estimate of drug-likeness (QED) is 0.389. The van der Waals surface area contributed by atoms with Crippen molar-refractivity contribution in [3.63, 3.8) is 0 Å². The second-order valence-electron chi connectivity index (χ2n) is 5.71. The van der Waals surface area contributed by atoms with Gasteiger partial charge in [-0.3, -0.25) is 5.43 Å². The molecule has 0 radical (unpaired) electrons. The molecule has 0 atom stereocenters. The lowest BCUT2D eigenvalue weighted by molar-refractivity contribution is 0.284. The van der Waals surface area contributed by atoms with Crippen LogP contribution in [0.15, 0.2) is 71.8 Å². The third-order valence-electron chi connectivity index (χ3n) is 3.73. The Labute approximate surface area is 168 Å². The van der Waals surface area contributed by atoms with Gasteiger partial charge in [0.1, 0.15) is 6.61 Å². The van der Waals surface area contributed by atoms with Crippen LogP contribution >= 0.6 is 23.2 Å². The van der Waals surface area contributed by atoms with Gasteiger partial charge in [0.25, 0.3) is 0 Å². The molecule has 3 aromatic rings. The Kier molecular flexibility index (Phi) is 6.58. The molecule has 0 spiro atoms. The normalized spacial score (nSPS) is 10.8. The summed E-state index contributed by atoms with van der Waals surface area (Å²) in [6.07, 6.45) is 1.70. The number of hydrazone groups is 1. The van der Waals surface area contributed by atoms with E-state index in [0.29, 0.717) is 28.2 Å². The highest BCUT2D eigenvalue weighted by Gasteiger charge is 2.06. The highest BCUT2D eigenvalue weighted by molar-refractivity contribution is 6.31. The number of rotatable bonds is 7. The fourth-order valence-corrected chi connectivity index (χ4v) is 2.68. The van der Waals surface area contributed by atoms with Crippen LogP contribution in [-0.4, -0.2) is 13.3 Å². The van der Waals surface area contributed by atoms with E-state index in [9.17, 15) is 0 Å². The highest BCUT2D eigenvalue weighted by Crippen LogP contribution is 2.28. The molecule has 27 heavy (non-hydrogen) atoms. The van der Waals surface area contributed by atoms with Crippen LogP contribution in [0.1, 0.15) is 11.1 Å². The van der Waals surface area contributed by atoms with Crippen LogP contribution in [-0.2, 0) is 6.61 Å². The number of nitrogens with zero attached hydrogens (tertiary/aromatic N) is 1. The molecule has 0 amide bonds. The van der Waals surface area contributed by atoms with Crippen LogP contribution in [0, 0.1) is 0 Å². The summed E-state index contributed by atoms with van der Waals surface area (Å²) in [6.45, 7) is 0.412. The summed E-state index contributed by atoms with van der Waals surface area (Å²) in [5, 5.41) is 5.58. The van der Waals surface area contributed by atoms with E-state index in [2.05, 4.69) is 10.5 Å². The fraction of sp³-hybridized carbons (Fsp3) is 0.0952. The molecule has 1 N–H and O–H groups in total. The summed E-state index contributed by atoms with van der Waals surface area (Å²) in [5.74, 6) is 1.29. The first-order valence-electron chi connectivity index (χ1n) is 8.24. The first kappa shape index (κ1) is 19.1. The van der Waals surface area contributed by atoms with Gasteiger partial charge < -0.3 is 9.47 Å². The van der Waals surface area contributed by atoms with Gasteiger partial charge >= 0.3 is 0 Å². The van der Waals surface area contributed by atoms with Crippen molar-refractivity contribution in [1.82, 2.24) is 0 Å². The van der Waals surface area contributed by atoms with Crippen LogP contribution in [0.2, 0.25) is 10.0 Å². The Morgan fingerprint density at radius 2 is 1.74 bits per heavy atom. The lowest BCUT2D eigenvalue weighted by atomic mass is 10.2. The predicted molar refractivity (Wildman–Crippen MR) is 111 cm³/mol. The van der Waals surface area contributed by atoms with Gasteiger partial charge in [-0.1, -0.05) is 41.4 Å². The molecule has 0 unspecified atom stereocenters. The molecule has 0 aliphatic carbocycles. The number of ether oxygens (including phenoxy) is 2. The van der Waals surface area contributed by atoms with Gasteiger partial charge in [0.2, 0.25) is 0 Å². The zero-order chi connectivity index (χ0) is 19.1. The van der Waals surface area contributed by atoms with Crippen molar-refractivity contribution in [2.45, 2.75) is 6.61 Å². The van der Waals surface area contributed by atoms with Crippen LogP contribution in [0.25, 0.3) is 0 Å². The maximum Gasteiger partial charge on any atom is 0.162 e. The Balaban J connectivity index is 1.68. The molecule has 4 nitrogen and oxygen atoms in total. The topological polar surface area (TPSA) is 42.8 Å². The zero-order valence-electron chi connectivity index (χ0n) is 14.7. The average Bonchev–Trinajstić information content (AvgIpc) is 2.68. The standard InChI is InChI=1S/C21H18Cl2N2O2/c1-26-20-10-7-16(13-24-25-19-4-2-3-18(23)12-19)11-21(20)27-14-15-5-8-17(22)9-6-15/h2-13,25H,14H2,1H3. The van der Waals surface area contributed by atoms with E-state index in [-0.39, 0.29) is 0 Å². The van der Waals surface area contributed by atoms with E-state index in [1.807, 2.05) is 60.7 Å². The molecule has 0 fully saturated rings. The average molecular weight is 401 g/mol. The minimum atomic E-state index is 0.412. The number of anilines is 1. The summed E-state index contributed by atoms with van der Waals surface area (Å²) < 4.78 is 11.3. The van der Waals surface area contributed by atoms with Gasteiger partial charge in [-0.05, 0) is 59.7 Å². The fourth-order valence-electron chi connectivity index (χ4n) is 2.37.